The molecule has 0 aliphatic carbocycles. The highest BCUT2D eigenvalue weighted by molar-refractivity contribution is 6.04. The second-order valence-electron chi connectivity index (χ2n) is 5.27. The number of hydrogen-bond donors (Lipinski definition) is 0. The molecule has 0 aromatic heterocycles. The van der Waals surface area contributed by atoms with Gasteiger partial charge < -0.3 is 9.47 Å². The molecular formula is C18H17NO4. The number of para-hydroxylation sites is 2. The van der Waals surface area contributed by atoms with Crippen molar-refractivity contribution in [3.05, 3.63) is 60.2 Å². The zero-order valence-corrected chi connectivity index (χ0v) is 12.9. The number of anilines is 1. The van der Waals surface area contributed by atoms with Crippen molar-refractivity contribution in [2.24, 2.45) is 0 Å². The van der Waals surface area contributed by atoms with Gasteiger partial charge in [-0.2, -0.15) is 0 Å². The smallest absolute Gasteiger partial charge is 0.333 e. The third-order valence-electron chi connectivity index (χ3n) is 3.81. The van der Waals surface area contributed by atoms with Crippen LogP contribution in [0.3, 0.4) is 0 Å². The number of nitrogens with zero attached hydrogens (tertiary/aromatic N) is 1. The Labute approximate surface area is 134 Å². The third-order valence-corrected chi connectivity index (χ3v) is 3.81. The molecule has 0 spiro atoms. The van der Waals surface area contributed by atoms with Gasteiger partial charge in [0.25, 0.3) is 5.91 Å². The summed E-state index contributed by atoms with van der Waals surface area (Å²) >= 11 is 0. The molecule has 0 radical (unpaired) electrons. The van der Waals surface area contributed by atoms with Crippen molar-refractivity contribution in [2.75, 3.05) is 12.0 Å². The van der Waals surface area contributed by atoms with Crippen molar-refractivity contribution in [3.8, 4) is 5.75 Å². The molecule has 118 valence electrons. The zero-order chi connectivity index (χ0) is 16.4. The van der Waals surface area contributed by atoms with Gasteiger partial charge in [0.05, 0.1) is 12.8 Å². The predicted molar refractivity (Wildman–Crippen MR) is 85.2 cm³/mol. The van der Waals surface area contributed by atoms with Gasteiger partial charge in [-0.1, -0.05) is 42.5 Å². The van der Waals surface area contributed by atoms with Gasteiger partial charge in [-0.25, -0.2) is 4.79 Å². The minimum Gasteiger partial charge on any atom is -0.479 e. The lowest BCUT2D eigenvalue weighted by molar-refractivity contribution is -0.144. The molecule has 2 aromatic rings. The molecular weight excluding hydrogens is 294 g/mol. The Kier molecular flexibility index (Phi) is 4.02. The number of benzene rings is 2. The lowest BCUT2D eigenvalue weighted by Crippen LogP contribution is -2.48. The van der Waals surface area contributed by atoms with E-state index >= 15 is 0 Å². The number of esters is 1. The quantitative estimate of drug-likeness (QED) is 0.818. The van der Waals surface area contributed by atoms with Crippen molar-refractivity contribution in [2.45, 2.75) is 19.1 Å². The van der Waals surface area contributed by atoms with Crippen LogP contribution in [0.1, 0.15) is 18.5 Å². The molecule has 2 atom stereocenters. The number of amides is 1. The van der Waals surface area contributed by atoms with E-state index in [-0.39, 0.29) is 5.91 Å². The lowest BCUT2D eigenvalue weighted by atomic mass is 10.0. The van der Waals surface area contributed by atoms with Crippen LogP contribution in [0.5, 0.6) is 5.75 Å². The minimum absolute atomic E-state index is 0.275. The first kappa shape index (κ1) is 15.1. The Morgan fingerprint density at radius 1 is 1.13 bits per heavy atom. The molecule has 0 saturated heterocycles. The largest absolute Gasteiger partial charge is 0.479 e. The summed E-state index contributed by atoms with van der Waals surface area (Å²) in [4.78, 5) is 26.6. The fourth-order valence-electron chi connectivity index (χ4n) is 2.72. The Bertz CT molecular complexity index is 729. The molecule has 1 aliphatic heterocycles. The molecule has 1 aliphatic rings. The molecule has 5 nitrogen and oxygen atoms in total. The van der Waals surface area contributed by atoms with E-state index in [1.807, 2.05) is 24.3 Å². The number of carbonyl (C=O) groups is 2. The maximum absolute atomic E-state index is 12.7. The highest BCUT2D eigenvalue weighted by Gasteiger charge is 2.40. The van der Waals surface area contributed by atoms with Gasteiger partial charge in [0.1, 0.15) is 5.75 Å². The van der Waals surface area contributed by atoms with Crippen LogP contribution < -0.4 is 9.64 Å². The first-order valence-electron chi connectivity index (χ1n) is 7.35. The van der Waals surface area contributed by atoms with Gasteiger partial charge in [0.15, 0.2) is 12.1 Å². The number of rotatable bonds is 3. The zero-order valence-electron chi connectivity index (χ0n) is 12.9. The molecule has 1 amide bonds. The lowest BCUT2D eigenvalue weighted by Gasteiger charge is -2.37. The topological polar surface area (TPSA) is 55.8 Å². The summed E-state index contributed by atoms with van der Waals surface area (Å²) in [5.74, 6) is -0.194. The summed E-state index contributed by atoms with van der Waals surface area (Å²) in [6.07, 6.45) is -0.666. The van der Waals surface area contributed by atoms with E-state index in [4.69, 9.17) is 9.47 Å². The minimum atomic E-state index is -0.846. The van der Waals surface area contributed by atoms with Gasteiger partial charge in [-0.3, -0.25) is 9.69 Å². The third kappa shape index (κ3) is 2.65. The van der Waals surface area contributed by atoms with Crippen molar-refractivity contribution in [1.82, 2.24) is 0 Å². The number of hydrogen-bond acceptors (Lipinski definition) is 4. The molecule has 2 aromatic carbocycles. The van der Waals surface area contributed by atoms with E-state index in [0.717, 1.165) is 0 Å². The van der Waals surface area contributed by atoms with Crippen molar-refractivity contribution < 1.29 is 19.1 Å². The summed E-state index contributed by atoms with van der Waals surface area (Å²) in [5.41, 5.74) is 1.26. The summed E-state index contributed by atoms with van der Waals surface area (Å²) in [7, 11) is 1.32. The molecule has 0 saturated carbocycles. The second-order valence-corrected chi connectivity index (χ2v) is 5.27. The number of fused-ring (bicyclic) bond motifs is 1. The Morgan fingerprint density at radius 2 is 1.78 bits per heavy atom. The maximum Gasteiger partial charge on any atom is 0.333 e. The molecule has 1 heterocycles. The Hall–Kier alpha value is -2.82. The fourth-order valence-corrected chi connectivity index (χ4v) is 2.72. The maximum atomic E-state index is 12.7. The highest BCUT2D eigenvalue weighted by Crippen LogP contribution is 2.39. The number of carbonyl (C=O) groups excluding carboxylic acids is 2. The van der Waals surface area contributed by atoms with Gasteiger partial charge in [-0.15, -0.1) is 0 Å². The van der Waals surface area contributed by atoms with Crippen LogP contribution in [0.25, 0.3) is 0 Å². The fraction of sp³-hybridized carbons (Fsp3) is 0.222. The van der Waals surface area contributed by atoms with Crippen LogP contribution in [-0.4, -0.2) is 25.1 Å². The standard InChI is InChI=1S/C18H17NO4/c1-12-17(20)19(14-10-6-7-11-15(14)23-12)16(18(21)22-2)13-8-4-3-5-9-13/h3-12,16H,1-2H3. The molecule has 0 fully saturated rings. The SMILES string of the molecule is COC(=O)C(c1ccccc1)N1C(=O)C(C)Oc2ccccc21. The van der Waals surface area contributed by atoms with Crippen molar-refractivity contribution in [3.63, 3.8) is 0 Å². The summed E-state index contributed by atoms with van der Waals surface area (Å²) in [6, 6.07) is 15.4. The van der Waals surface area contributed by atoms with Crippen LogP contribution >= 0.6 is 0 Å². The van der Waals surface area contributed by atoms with Crippen LogP contribution in [-0.2, 0) is 14.3 Å². The van der Waals surface area contributed by atoms with Crippen LogP contribution in [0.15, 0.2) is 54.6 Å². The average Bonchev–Trinajstić information content (AvgIpc) is 2.59. The van der Waals surface area contributed by atoms with Gasteiger partial charge in [0, 0.05) is 0 Å². The normalized spacial score (nSPS) is 17.9. The first-order chi connectivity index (χ1) is 11.1. The van der Waals surface area contributed by atoms with Gasteiger partial charge in [-0.05, 0) is 24.6 Å². The van der Waals surface area contributed by atoms with E-state index in [1.54, 1.807) is 37.3 Å². The predicted octanol–water partition coefficient (Wildman–Crippen LogP) is 2.71. The summed E-state index contributed by atoms with van der Waals surface area (Å²) in [5, 5.41) is 0. The van der Waals surface area contributed by atoms with E-state index in [1.165, 1.54) is 12.0 Å². The summed E-state index contributed by atoms with van der Waals surface area (Å²) in [6.45, 7) is 1.67. The van der Waals surface area contributed by atoms with Crippen molar-refractivity contribution in [1.29, 1.82) is 0 Å². The molecule has 0 bridgehead atoms. The molecule has 2 unspecified atom stereocenters. The molecule has 0 N–H and O–H groups in total. The Balaban J connectivity index is 2.15. The average molecular weight is 311 g/mol. The Morgan fingerprint density at radius 3 is 2.48 bits per heavy atom. The molecule has 23 heavy (non-hydrogen) atoms. The van der Waals surface area contributed by atoms with Gasteiger partial charge in [0.2, 0.25) is 0 Å². The van der Waals surface area contributed by atoms with Crippen LogP contribution in [0.4, 0.5) is 5.69 Å². The number of methoxy groups -OCH3 is 1. The van der Waals surface area contributed by atoms with Crippen LogP contribution in [0.2, 0.25) is 0 Å². The highest BCUT2D eigenvalue weighted by atomic mass is 16.5. The van der Waals surface area contributed by atoms with E-state index in [9.17, 15) is 9.59 Å². The van der Waals surface area contributed by atoms with Gasteiger partial charge >= 0.3 is 5.97 Å². The molecule has 3 rings (SSSR count). The monoisotopic (exact) mass is 311 g/mol. The second kappa shape index (κ2) is 6.12. The summed E-state index contributed by atoms with van der Waals surface area (Å²) < 4.78 is 10.6. The first-order valence-corrected chi connectivity index (χ1v) is 7.35. The van der Waals surface area contributed by atoms with E-state index in [2.05, 4.69) is 0 Å². The van der Waals surface area contributed by atoms with Crippen molar-refractivity contribution >= 4 is 17.6 Å². The van der Waals surface area contributed by atoms with E-state index < -0.39 is 18.1 Å². The van der Waals surface area contributed by atoms with E-state index in [0.29, 0.717) is 17.0 Å². The van der Waals surface area contributed by atoms with Crippen LogP contribution in [0, 0.1) is 0 Å². The molecule has 5 heteroatoms. The number of ether oxygens (including phenoxy) is 2.